The molecule has 3 aromatic heterocycles. The number of hydrogen-bond acceptors (Lipinski definition) is 8. The zero-order valence-corrected chi connectivity index (χ0v) is 28.4. The van der Waals surface area contributed by atoms with E-state index in [2.05, 4.69) is 33.9 Å². The van der Waals surface area contributed by atoms with Gasteiger partial charge < -0.3 is 34.1 Å². The normalized spacial score (nSPS) is 18.9. The number of carbonyl (C=O) groups excluding carboxylic acids is 1. The van der Waals surface area contributed by atoms with Gasteiger partial charge >= 0.3 is 5.97 Å². The number of amides is 1. The summed E-state index contributed by atoms with van der Waals surface area (Å²) in [6.45, 7) is 10.3. The Hall–Kier alpha value is -5.01. The van der Waals surface area contributed by atoms with Crippen LogP contribution < -0.4 is 20.7 Å². The standard InChI is InChI=1S/C37H40FN7O5/c1-37(2)16-22-13-30-35(47)45(11-10-44(30)31(22)17-37)29-15-24(38)14-27(33(29)36(48)49)23-12-28(34(46)41(3)19-23)40-32-5-4-25(18-39-32)42-6-8-43(9-7-42)26-20-50-21-26/h4-5,12-15,18-19,26H,6-11,16-17,20-21H2,1-3H3,(H,39,40)(H,48,49). The van der Waals surface area contributed by atoms with Crippen molar-refractivity contribution < 1.29 is 23.8 Å². The summed E-state index contributed by atoms with van der Waals surface area (Å²) < 4.78 is 24.1. The molecule has 0 saturated carbocycles. The number of carbonyl (C=O) groups is 2. The van der Waals surface area contributed by atoms with Crippen molar-refractivity contribution in [3.63, 3.8) is 0 Å². The van der Waals surface area contributed by atoms with Crippen LogP contribution in [0.4, 0.5) is 27.3 Å². The summed E-state index contributed by atoms with van der Waals surface area (Å²) in [5.74, 6) is -1.94. The maximum absolute atomic E-state index is 15.4. The highest BCUT2D eigenvalue weighted by molar-refractivity contribution is 6.11. The van der Waals surface area contributed by atoms with Gasteiger partial charge in [0.15, 0.2) is 0 Å². The van der Waals surface area contributed by atoms with Crippen LogP contribution in [0.15, 0.2) is 53.6 Å². The number of carboxylic acid groups (broad SMARTS) is 1. The number of ether oxygens (including phenoxy) is 1. The second-order valence-corrected chi connectivity index (χ2v) is 14.6. The van der Waals surface area contributed by atoms with Crippen molar-refractivity contribution in [3.8, 4) is 11.1 Å². The number of nitrogens with one attached hydrogen (secondary N) is 1. The van der Waals surface area contributed by atoms with Crippen molar-refractivity contribution in [1.29, 1.82) is 0 Å². The molecule has 4 aromatic rings. The second-order valence-electron chi connectivity index (χ2n) is 14.6. The van der Waals surface area contributed by atoms with Crippen molar-refractivity contribution in [2.24, 2.45) is 12.5 Å². The molecule has 0 atom stereocenters. The average molecular weight is 682 g/mol. The number of piperazine rings is 1. The van der Waals surface area contributed by atoms with Crippen LogP contribution in [0.2, 0.25) is 0 Å². The zero-order chi connectivity index (χ0) is 34.9. The summed E-state index contributed by atoms with van der Waals surface area (Å²) in [4.78, 5) is 50.7. The number of halogens is 1. The maximum Gasteiger partial charge on any atom is 0.338 e. The van der Waals surface area contributed by atoms with Gasteiger partial charge in [-0.25, -0.2) is 14.2 Å². The van der Waals surface area contributed by atoms with E-state index in [0.717, 1.165) is 81.3 Å². The molecule has 50 heavy (non-hydrogen) atoms. The lowest BCUT2D eigenvalue weighted by Crippen LogP contribution is -2.56. The fourth-order valence-electron chi connectivity index (χ4n) is 7.91. The molecule has 1 aromatic carbocycles. The highest BCUT2D eigenvalue weighted by Crippen LogP contribution is 2.41. The maximum atomic E-state index is 15.4. The third-order valence-corrected chi connectivity index (χ3v) is 10.5. The molecule has 2 N–H and O–H groups in total. The van der Waals surface area contributed by atoms with E-state index in [4.69, 9.17) is 4.74 Å². The van der Waals surface area contributed by atoms with Crippen LogP contribution in [0.25, 0.3) is 11.1 Å². The van der Waals surface area contributed by atoms with Crippen LogP contribution in [0.1, 0.15) is 46.0 Å². The van der Waals surface area contributed by atoms with Gasteiger partial charge in [-0.1, -0.05) is 13.8 Å². The molecule has 2 saturated heterocycles. The fraction of sp³-hybridized carbons (Fsp3) is 0.405. The molecule has 0 bridgehead atoms. The van der Waals surface area contributed by atoms with Crippen LogP contribution in [-0.4, -0.2) is 88.0 Å². The van der Waals surface area contributed by atoms with Crippen LogP contribution in [-0.2, 0) is 31.2 Å². The minimum atomic E-state index is -1.31. The number of aromatic nitrogens is 3. The molecule has 0 radical (unpaired) electrons. The van der Waals surface area contributed by atoms with Gasteiger partial charge in [-0.05, 0) is 60.2 Å². The molecule has 260 valence electrons. The molecule has 1 amide bonds. The van der Waals surface area contributed by atoms with Gasteiger partial charge in [-0.2, -0.15) is 0 Å². The molecule has 13 heteroatoms. The predicted octanol–water partition coefficient (Wildman–Crippen LogP) is 4.14. The molecule has 0 unspecified atom stereocenters. The minimum absolute atomic E-state index is 0.0205. The lowest BCUT2D eigenvalue weighted by Gasteiger charge is -2.43. The summed E-state index contributed by atoms with van der Waals surface area (Å²) in [6, 6.07) is 9.90. The molecular formula is C37H40FN7O5. The highest BCUT2D eigenvalue weighted by Gasteiger charge is 2.38. The van der Waals surface area contributed by atoms with Crippen molar-refractivity contribution in [2.75, 3.05) is 61.1 Å². The summed E-state index contributed by atoms with van der Waals surface area (Å²) in [7, 11) is 1.55. The number of carboxylic acids is 1. The van der Waals surface area contributed by atoms with Crippen LogP contribution >= 0.6 is 0 Å². The molecule has 3 aliphatic heterocycles. The molecule has 8 rings (SSSR count). The van der Waals surface area contributed by atoms with Gasteiger partial charge in [0.25, 0.3) is 11.5 Å². The van der Waals surface area contributed by atoms with Crippen molar-refractivity contribution >= 4 is 34.8 Å². The van der Waals surface area contributed by atoms with Crippen molar-refractivity contribution in [1.82, 2.24) is 19.0 Å². The number of aromatic carboxylic acids is 1. The molecule has 2 fully saturated rings. The largest absolute Gasteiger partial charge is 0.478 e. The Morgan fingerprint density at radius 1 is 1.02 bits per heavy atom. The topological polar surface area (TPSA) is 125 Å². The smallest absolute Gasteiger partial charge is 0.338 e. The lowest BCUT2D eigenvalue weighted by atomic mass is 9.90. The first-order chi connectivity index (χ1) is 24.0. The van der Waals surface area contributed by atoms with Crippen molar-refractivity contribution in [2.45, 2.75) is 39.3 Å². The highest BCUT2D eigenvalue weighted by atomic mass is 19.1. The minimum Gasteiger partial charge on any atom is -0.478 e. The van der Waals surface area contributed by atoms with E-state index in [0.29, 0.717) is 29.7 Å². The number of anilines is 4. The van der Waals surface area contributed by atoms with Gasteiger partial charge in [0, 0.05) is 69.3 Å². The number of pyridine rings is 2. The summed E-state index contributed by atoms with van der Waals surface area (Å²) in [5, 5.41) is 13.6. The number of aryl methyl sites for hydroxylation is 1. The molecule has 1 aliphatic carbocycles. The number of hydrogen-bond donors (Lipinski definition) is 2. The van der Waals surface area contributed by atoms with E-state index in [1.54, 1.807) is 19.3 Å². The Bertz CT molecular complexity index is 2080. The quantitative estimate of drug-likeness (QED) is 0.296. The zero-order valence-electron chi connectivity index (χ0n) is 28.4. The molecule has 6 heterocycles. The molecule has 0 spiro atoms. The number of nitrogens with zero attached hydrogens (tertiary/aromatic N) is 6. The van der Waals surface area contributed by atoms with Gasteiger partial charge in [0.05, 0.1) is 42.4 Å². The number of benzene rings is 1. The monoisotopic (exact) mass is 681 g/mol. The number of rotatable bonds is 7. The first-order valence-electron chi connectivity index (χ1n) is 17.1. The van der Waals surface area contributed by atoms with Gasteiger partial charge in [-0.15, -0.1) is 0 Å². The summed E-state index contributed by atoms with van der Waals surface area (Å²) in [6.07, 6.45) is 4.95. The van der Waals surface area contributed by atoms with E-state index in [1.807, 2.05) is 16.7 Å². The summed E-state index contributed by atoms with van der Waals surface area (Å²) in [5.41, 5.74) is 3.75. The van der Waals surface area contributed by atoms with Crippen LogP contribution in [0.3, 0.4) is 0 Å². The third kappa shape index (κ3) is 5.63. The Balaban J connectivity index is 1.07. The van der Waals surface area contributed by atoms with Crippen LogP contribution in [0, 0.1) is 11.2 Å². The Labute approximate surface area is 288 Å². The third-order valence-electron chi connectivity index (χ3n) is 10.5. The Kier molecular flexibility index (Phi) is 7.79. The van der Waals surface area contributed by atoms with E-state index >= 15 is 4.39 Å². The van der Waals surface area contributed by atoms with Crippen LogP contribution in [0.5, 0.6) is 0 Å². The van der Waals surface area contributed by atoms with Crippen molar-refractivity contribution in [3.05, 3.63) is 87.5 Å². The molecular weight excluding hydrogens is 641 g/mol. The van der Waals surface area contributed by atoms with E-state index in [9.17, 15) is 19.5 Å². The first-order valence-corrected chi connectivity index (χ1v) is 17.1. The van der Waals surface area contributed by atoms with E-state index in [-0.39, 0.29) is 45.9 Å². The van der Waals surface area contributed by atoms with E-state index in [1.165, 1.54) is 21.7 Å². The van der Waals surface area contributed by atoms with Gasteiger partial charge in [0.1, 0.15) is 23.0 Å². The van der Waals surface area contributed by atoms with E-state index < -0.39 is 11.8 Å². The fourth-order valence-corrected chi connectivity index (χ4v) is 7.91. The number of fused-ring (bicyclic) bond motifs is 3. The average Bonchev–Trinajstić information content (AvgIpc) is 3.55. The molecule has 12 nitrogen and oxygen atoms in total. The lowest BCUT2D eigenvalue weighted by molar-refractivity contribution is -0.0660. The Morgan fingerprint density at radius 2 is 1.80 bits per heavy atom. The Morgan fingerprint density at radius 3 is 2.48 bits per heavy atom. The van der Waals surface area contributed by atoms with Gasteiger partial charge in [0.2, 0.25) is 0 Å². The van der Waals surface area contributed by atoms with Gasteiger partial charge in [-0.3, -0.25) is 14.5 Å². The molecule has 4 aliphatic rings. The SMILES string of the molecule is Cn1cc(-c2cc(F)cc(N3CCn4c(cc5c4CC(C)(C)C5)C3=O)c2C(=O)O)cc(Nc2ccc(N3CCN(C4COC4)CC3)cn2)c1=O. The first kappa shape index (κ1) is 32.2. The predicted molar refractivity (Wildman–Crippen MR) is 187 cm³/mol. The summed E-state index contributed by atoms with van der Waals surface area (Å²) >= 11 is 0. The second kappa shape index (κ2) is 12.1.